The van der Waals surface area contributed by atoms with Crippen molar-refractivity contribution in [3.8, 4) is 11.1 Å². The van der Waals surface area contributed by atoms with Crippen molar-refractivity contribution in [2.45, 2.75) is 72.1 Å². The largest absolute Gasteiger partial charge is 0.342 e. The third kappa shape index (κ3) is 6.47. The average Bonchev–Trinajstić information content (AvgIpc) is 3.24. The van der Waals surface area contributed by atoms with E-state index in [9.17, 15) is 0 Å². The Morgan fingerprint density at radius 1 is 0.581 bits per heavy atom. The van der Waals surface area contributed by atoms with E-state index in [1.165, 1.54) is 55.9 Å². The van der Waals surface area contributed by atoms with Crippen molar-refractivity contribution in [2.24, 2.45) is 0 Å². The summed E-state index contributed by atoms with van der Waals surface area (Å²) in [4.78, 5) is 2.42. The van der Waals surface area contributed by atoms with Gasteiger partial charge in [-0.3, -0.25) is 0 Å². The van der Waals surface area contributed by atoms with Crippen molar-refractivity contribution < 1.29 is 0 Å². The number of benzene rings is 5. The topological polar surface area (TPSA) is 3.24 Å². The van der Waals surface area contributed by atoms with E-state index in [4.69, 9.17) is 0 Å². The molecule has 43 heavy (non-hydrogen) atoms. The van der Waals surface area contributed by atoms with E-state index < -0.39 is 0 Å². The summed E-state index contributed by atoms with van der Waals surface area (Å²) in [6.45, 7) is 16.9. The van der Waals surface area contributed by atoms with Gasteiger partial charge in [-0.25, -0.2) is 0 Å². The molecule has 1 aliphatic carbocycles. The smallest absolute Gasteiger partial charge is 0.0413 e. The minimum atomic E-state index is 0.0394. The Morgan fingerprint density at radius 3 is 1.86 bits per heavy atom. The van der Waals surface area contributed by atoms with Crippen LogP contribution >= 0.6 is 0 Å². The SMILES string of the molecule is CCN(c1ccc(-c2ccccc2)cc1)c1ccc2c(c1)C(C)(C)CC2(C)c1cccc(C)c1.CCc1ccc(C)cc1. The number of hydrogen-bond acceptors (Lipinski definition) is 1. The quantitative estimate of drug-likeness (QED) is 0.198. The molecule has 0 aliphatic heterocycles. The van der Waals surface area contributed by atoms with Gasteiger partial charge in [0.25, 0.3) is 0 Å². The van der Waals surface area contributed by atoms with Crippen molar-refractivity contribution in [3.05, 3.63) is 155 Å². The summed E-state index contributed by atoms with van der Waals surface area (Å²) in [5, 5.41) is 0. The molecule has 5 aromatic carbocycles. The number of hydrogen-bond donors (Lipinski definition) is 0. The standard InChI is InChI=1S/C33H35N.C9H12/c1-6-34(28-17-15-26(16-18-28)25-12-8-7-9-13-25)29-19-20-30-31(22-29)32(3,4)23-33(30,5)27-14-10-11-24(2)21-27;1-3-9-6-4-8(2)5-7-9/h7-22H,6,23H2,1-5H3;4-7H,3H2,1-2H3. The first kappa shape index (κ1) is 30.4. The normalized spacial score (nSPS) is 16.6. The van der Waals surface area contributed by atoms with Crippen LogP contribution < -0.4 is 4.90 Å². The second-order valence-electron chi connectivity index (χ2n) is 13.0. The van der Waals surface area contributed by atoms with Gasteiger partial charge in [-0.05, 0) is 96.7 Å². The van der Waals surface area contributed by atoms with Gasteiger partial charge in [-0.2, -0.15) is 0 Å². The molecule has 0 N–H and O–H groups in total. The Hall–Kier alpha value is -4.10. The summed E-state index contributed by atoms with van der Waals surface area (Å²) in [6.07, 6.45) is 2.26. The molecule has 0 aromatic heterocycles. The highest BCUT2D eigenvalue weighted by Gasteiger charge is 2.45. The van der Waals surface area contributed by atoms with Crippen molar-refractivity contribution in [2.75, 3.05) is 11.4 Å². The molecule has 1 aliphatic rings. The van der Waals surface area contributed by atoms with Crippen LogP contribution in [0.3, 0.4) is 0 Å². The lowest BCUT2D eigenvalue weighted by Crippen LogP contribution is -2.23. The number of aryl methyl sites for hydroxylation is 3. The monoisotopic (exact) mass is 565 g/mol. The molecule has 0 amide bonds. The van der Waals surface area contributed by atoms with Gasteiger partial charge < -0.3 is 4.90 Å². The molecule has 220 valence electrons. The van der Waals surface area contributed by atoms with Crippen LogP contribution in [0, 0.1) is 13.8 Å². The van der Waals surface area contributed by atoms with Crippen molar-refractivity contribution >= 4 is 11.4 Å². The molecule has 6 rings (SSSR count). The molecule has 0 spiro atoms. The first-order valence-corrected chi connectivity index (χ1v) is 15.9. The van der Waals surface area contributed by atoms with Gasteiger partial charge in [0.1, 0.15) is 0 Å². The van der Waals surface area contributed by atoms with E-state index in [2.05, 4.69) is 175 Å². The van der Waals surface area contributed by atoms with Gasteiger partial charge in [0.05, 0.1) is 0 Å². The van der Waals surface area contributed by atoms with Crippen LogP contribution in [-0.2, 0) is 17.3 Å². The lowest BCUT2D eigenvalue weighted by molar-refractivity contribution is 0.425. The second-order valence-corrected chi connectivity index (χ2v) is 13.0. The predicted octanol–water partition coefficient (Wildman–Crippen LogP) is 11.4. The van der Waals surface area contributed by atoms with Gasteiger partial charge in [-0.1, -0.05) is 136 Å². The average molecular weight is 566 g/mol. The summed E-state index contributed by atoms with van der Waals surface area (Å²) >= 11 is 0. The molecular formula is C42H47N. The zero-order valence-electron chi connectivity index (χ0n) is 27.1. The van der Waals surface area contributed by atoms with Gasteiger partial charge in [-0.15, -0.1) is 0 Å². The highest BCUT2D eigenvalue weighted by Crippen LogP contribution is 2.53. The van der Waals surface area contributed by atoms with E-state index in [1.807, 2.05) is 0 Å². The lowest BCUT2D eigenvalue weighted by atomic mass is 9.75. The summed E-state index contributed by atoms with van der Waals surface area (Å²) in [5.74, 6) is 0. The molecule has 1 heteroatoms. The third-order valence-electron chi connectivity index (χ3n) is 9.22. The van der Waals surface area contributed by atoms with Crippen molar-refractivity contribution in [1.29, 1.82) is 0 Å². The molecule has 1 unspecified atom stereocenters. The highest BCUT2D eigenvalue weighted by atomic mass is 15.1. The molecule has 0 saturated heterocycles. The fraction of sp³-hybridized carbons (Fsp3) is 0.286. The molecule has 0 bridgehead atoms. The summed E-state index contributed by atoms with van der Waals surface area (Å²) in [6, 6.07) is 44.4. The predicted molar refractivity (Wildman–Crippen MR) is 187 cm³/mol. The maximum absolute atomic E-state index is 2.45. The summed E-state index contributed by atoms with van der Waals surface area (Å²) in [7, 11) is 0. The first-order chi connectivity index (χ1) is 20.6. The number of anilines is 2. The maximum atomic E-state index is 2.45. The van der Waals surface area contributed by atoms with E-state index in [1.54, 1.807) is 0 Å². The van der Waals surface area contributed by atoms with E-state index in [-0.39, 0.29) is 10.8 Å². The molecule has 1 atom stereocenters. The minimum absolute atomic E-state index is 0.0394. The van der Waals surface area contributed by atoms with Gasteiger partial charge in [0, 0.05) is 23.3 Å². The third-order valence-corrected chi connectivity index (χ3v) is 9.22. The maximum Gasteiger partial charge on any atom is 0.0413 e. The zero-order valence-corrected chi connectivity index (χ0v) is 27.1. The van der Waals surface area contributed by atoms with Crippen molar-refractivity contribution in [1.82, 2.24) is 0 Å². The van der Waals surface area contributed by atoms with Gasteiger partial charge in [0.15, 0.2) is 0 Å². The fourth-order valence-corrected chi connectivity index (χ4v) is 6.86. The Bertz CT molecular complexity index is 1640. The van der Waals surface area contributed by atoms with E-state index in [0.717, 1.165) is 19.4 Å². The van der Waals surface area contributed by atoms with E-state index in [0.29, 0.717) is 0 Å². The number of rotatable bonds is 6. The Kier molecular flexibility index (Phi) is 8.92. The molecule has 0 radical (unpaired) electrons. The van der Waals surface area contributed by atoms with Gasteiger partial charge >= 0.3 is 0 Å². The molecule has 1 nitrogen and oxygen atoms in total. The fourth-order valence-electron chi connectivity index (χ4n) is 6.86. The number of fused-ring (bicyclic) bond motifs is 1. The van der Waals surface area contributed by atoms with Crippen LogP contribution in [0.5, 0.6) is 0 Å². The Labute approximate surface area is 260 Å². The van der Waals surface area contributed by atoms with E-state index >= 15 is 0 Å². The molecule has 0 saturated carbocycles. The van der Waals surface area contributed by atoms with Crippen LogP contribution in [0.2, 0.25) is 0 Å². The molecular weight excluding hydrogens is 518 g/mol. The second kappa shape index (κ2) is 12.6. The molecule has 5 aromatic rings. The van der Waals surface area contributed by atoms with Crippen LogP contribution in [0.1, 0.15) is 74.4 Å². The Morgan fingerprint density at radius 2 is 1.23 bits per heavy atom. The summed E-state index contributed by atoms with van der Waals surface area (Å²) < 4.78 is 0. The Balaban J connectivity index is 0.000000351. The minimum Gasteiger partial charge on any atom is -0.342 e. The summed E-state index contributed by atoms with van der Waals surface area (Å²) in [5.41, 5.74) is 13.7. The van der Waals surface area contributed by atoms with Crippen LogP contribution in [-0.4, -0.2) is 6.54 Å². The van der Waals surface area contributed by atoms with Gasteiger partial charge in [0.2, 0.25) is 0 Å². The first-order valence-electron chi connectivity index (χ1n) is 15.9. The number of nitrogens with zero attached hydrogens (tertiary/aromatic N) is 1. The highest BCUT2D eigenvalue weighted by molar-refractivity contribution is 5.71. The van der Waals surface area contributed by atoms with Crippen LogP contribution in [0.25, 0.3) is 11.1 Å². The zero-order chi connectivity index (χ0) is 30.6. The molecule has 0 heterocycles. The lowest BCUT2D eigenvalue weighted by Gasteiger charge is -2.29. The molecule has 0 fully saturated rings. The van der Waals surface area contributed by atoms with Crippen LogP contribution in [0.15, 0.2) is 121 Å². The van der Waals surface area contributed by atoms with Crippen molar-refractivity contribution in [3.63, 3.8) is 0 Å². The van der Waals surface area contributed by atoms with Crippen LogP contribution in [0.4, 0.5) is 11.4 Å².